The van der Waals surface area contributed by atoms with Crippen LogP contribution in [0, 0.1) is 0 Å². The third-order valence-corrected chi connectivity index (χ3v) is 0.876. The second-order valence-corrected chi connectivity index (χ2v) is 1.37. The van der Waals surface area contributed by atoms with Crippen LogP contribution in [0.5, 0.6) is 0 Å². The fourth-order valence-corrected chi connectivity index (χ4v) is 0.443. The summed E-state index contributed by atoms with van der Waals surface area (Å²) < 4.78 is 0. The van der Waals surface area contributed by atoms with Gasteiger partial charge in [0.1, 0.15) is 0 Å². The van der Waals surface area contributed by atoms with Crippen LogP contribution in [-0.4, -0.2) is 4.98 Å². The van der Waals surface area contributed by atoms with Crippen molar-refractivity contribution in [2.45, 2.75) is 27.2 Å². The Labute approximate surface area is 112 Å². The normalized spacial score (nSPS) is 7.10. The number of rotatable bonds is 1. The maximum Gasteiger partial charge on any atom is 1.00 e. The number of aryl methyl sites for hydroxylation is 1. The minimum absolute atomic E-state index is 0. The molecule has 0 amide bonds. The Balaban J connectivity index is 0. The quantitative estimate of drug-likeness (QED) is 0.572. The zero-order valence-electron chi connectivity index (χ0n) is 7.26. The number of hydrogen-bond donors (Lipinski definition) is 0. The number of nitrogens with zero attached hydrogens (tertiary/aromatic N) is 2. The van der Waals surface area contributed by atoms with Gasteiger partial charge in [0.25, 0.3) is 0 Å². The molecule has 0 fully saturated rings. The molecule has 1 aromatic heterocycles. The van der Waals surface area contributed by atoms with Gasteiger partial charge in [0, 0.05) is 0 Å². The predicted molar refractivity (Wildman–Crippen MR) is 38.3 cm³/mol. The molecule has 0 bridgehead atoms. The van der Waals surface area contributed by atoms with Crippen LogP contribution < -0.4 is 63.2 Å². The summed E-state index contributed by atoms with van der Waals surface area (Å²) in [6, 6.07) is 0. The van der Waals surface area contributed by atoms with Gasteiger partial charge in [-0.1, -0.05) is 39.0 Å². The summed E-state index contributed by atoms with van der Waals surface area (Å²) in [5.74, 6) is 0. The number of aromatic nitrogens is 2. The summed E-state index contributed by atoms with van der Waals surface area (Å²) in [7, 11) is 0. The van der Waals surface area contributed by atoms with Crippen molar-refractivity contribution in [1.82, 2.24) is 9.97 Å². The van der Waals surface area contributed by atoms with Crippen LogP contribution in [-0.2, 0) is 6.42 Å². The van der Waals surface area contributed by atoms with Crippen molar-refractivity contribution >= 4 is 0 Å². The van der Waals surface area contributed by atoms with Crippen molar-refractivity contribution in [2.24, 2.45) is 0 Å². The van der Waals surface area contributed by atoms with Gasteiger partial charge in [-0.15, -0.1) is 0 Å². The van der Waals surface area contributed by atoms with Gasteiger partial charge in [-0.3, -0.25) is 0 Å². The average Bonchev–Trinajstić information content (AvgIpc) is 2.43. The molecule has 52 valence electrons. The zero-order valence-corrected chi connectivity index (χ0v) is 12.2. The van der Waals surface area contributed by atoms with Gasteiger partial charge in [0.05, 0.1) is 0 Å². The monoisotopic (exact) mass is 210 g/mol. The SMILES string of the molecule is CC.CCc1cnc[n-]1.[Rb+]. The van der Waals surface area contributed by atoms with E-state index in [0.717, 1.165) is 12.1 Å². The van der Waals surface area contributed by atoms with E-state index in [1.165, 1.54) is 0 Å². The molecule has 0 N–H and O–H groups in total. The van der Waals surface area contributed by atoms with Crippen LogP contribution in [0.25, 0.3) is 0 Å². The van der Waals surface area contributed by atoms with Crippen molar-refractivity contribution in [3.05, 3.63) is 18.2 Å². The van der Waals surface area contributed by atoms with Crippen LogP contribution in [0.4, 0.5) is 0 Å². The smallest absolute Gasteiger partial charge is 0.450 e. The summed E-state index contributed by atoms with van der Waals surface area (Å²) in [5.41, 5.74) is 1.07. The fraction of sp³-hybridized carbons (Fsp3) is 0.571. The molecular weight excluding hydrogens is 198 g/mol. The molecule has 0 aliphatic rings. The van der Waals surface area contributed by atoms with E-state index in [4.69, 9.17) is 0 Å². The van der Waals surface area contributed by atoms with Crippen LogP contribution in [0.2, 0.25) is 0 Å². The molecule has 3 heteroatoms. The summed E-state index contributed by atoms with van der Waals surface area (Å²) >= 11 is 0. The van der Waals surface area contributed by atoms with Gasteiger partial charge in [-0.25, -0.2) is 0 Å². The Morgan fingerprint density at radius 1 is 1.50 bits per heavy atom. The van der Waals surface area contributed by atoms with Crippen molar-refractivity contribution in [3.63, 3.8) is 0 Å². The minimum Gasteiger partial charge on any atom is -0.450 e. The molecule has 10 heavy (non-hydrogen) atoms. The summed E-state index contributed by atoms with van der Waals surface area (Å²) in [6.45, 7) is 6.06. The first-order valence-electron chi connectivity index (χ1n) is 3.35. The first-order valence-corrected chi connectivity index (χ1v) is 3.35. The zero-order chi connectivity index (χ0) is 7.11. The summed E-state index contributed by atoms with van der Waals surface area (Å²) in [6.07, 6.45) is 4.33. The second kappa shape index (κ2) is 10.0. The molecule has 0 saturated carbocycles. The molecule has 0 saturated heterocycles. The van der Waals surface area contributed by atoms with Crippen molar-refractivity contribution in [3.8, 4) is 0 Å². The molecule has 0 radical (unpaired) electrons. The molecule has 0 aromatic carbocycles. The molecule has 0 aliphatic heterocycles. The third kappa shape index (κ3) is 5.77. The molecule has 0 spiro atoms. The summed E-state index contributed by atoms with van der Waals surface area (Å²) in [4.78, 5) is 7.71. The first kappa shape index (κ1) is 13.6. The molecular formula is C7H13N2Rb. The largest absolute Gasteiger partial charge is 1.00 e. The Morgan fingerprint density at radius 3 is 2.30 bits per heavy atom. The minimum atomic E-state index is 0. The van der Waals surface area contributed by atoms with Crippen LogP contribution >= 0.6 is 0 Å². The van der Waals surface area contributed by atoms with Crippen LogP contribution in [0.1, 0.15) is 26.5 Å². The Hall–Kier alpha value is 1.02. The molecule has 0 aliphatic carbocycles. The predicted octanol–water partition coefficient (Wildman–Crippen LogP) is -1.37. The topological polar surface area (TPSA) is 27.0 Å². The average molecular weight is 211 g/mol. The van der Waals surface area contributed by atoms with E-state index in [0.29, 0.717) is 0 Å². The van der Waals surface area contributed by atoms with Crippen LogP contribution in [0.3, 0.4) is 0 Å². The van der Waals surface area contributed by atoms with E-state index < -0.39 is 0 Å². The van der Waals surface area contributed by atoms with Gasteiger partial charge in [-0.2, -0.15) is 0 Å². The second-order valence-electron chi connectivity index (χ2n) is 1.37. The van der Waals surface area contributed by atoms with Crippen molar-refractivity contribution < 1.29 is 58.2 Å². The Kier molecular flexibility index (Phi) is 13.6. The van der Waals surface area contributed by atoms with Gasteiger partial charge in [0.2, 0.25) is 0 Å². The Bertz CT molecular complexity index is 126. The van der Waals surface area contributed by atoms with Gasteiger partial charge in [-0.05, 0) is 6.42 Å². The number of imidazole rings is 1. The van der Waals surface area contributed by atoms with Crippen molar-refractivity contribution in [2.75, 3.05) is 0 Å². The van der Waals surface area contributed by atoms with E-state index in [2.05, 4.69) is 16.9 Å². The molecule has 0 atom stereocenters. The standard InChI is InChI=1S/C5H7N2.C2H6.Rb/c1-2-5-3-6-4-7-5;1-2;/h3-4H,2H2,1H3;1-2H3;/q-1;;+1. The molecule has 1 heterocycles. The van der Waals surface area contributed by atoms with E-state index in [1.807, 2.05) is 13.8 Å². The molecule has 1 aromatic rings. The number of hydrogen-bond acceptors (Lipinski definition) is 1. The summed E-state index contributed by atoms with van der Waals surface area (Å²) in [5, 5.41) is 0. The molecule has 2 nitrogen and oxygen atoms in total. The third-order valence-electron chi connectivity index (χ3n) is 0.876. The Morgan fingerprint density at radius 2 is 2.10 bits per heavy atom. The molecule has 0 unspecified atom stereocenters. The van der Waals surface area contributed by atoms with E-state index in [-0.39, 0.29) is 58.2 Å². The van der Waals surface area contributed by atoms with Crippen LogP contribution in [0.15, 0.2) is 12.5 Å². The van der Waals surface area contributed by atoms with E-state index >= 15 is 0 Å². The van der Waals surface area contributed by atoms with E-state index in [1.54, 1.807) is 12.5 Å². The first-order chi connectivity index (χ1) is 4.43. The van der Waals surface area contributed by atoms with Gasteiger partial charge in [0.15, 0.2) is 0 Å². The van der Waals surface area contributed by atoms with E-state index in [9.17, 15) is 0 Å². The van der Waals surface area contributed by atoms with Crippen molar-refractivity contribution in [1.29, 1.82) is 0 Å². The molecule has 1 rings (SSSR count). The maximum atomic E-state index is 3.92. The maximum absolute atomic E-state index is 3.92. The fourth-order valence-electron chi connectivity index (χ4n) is 0.443. The van der Waals surface area contributed by atoms with Gasteiger partial charge < -0.3 is 9.97 Å². The van der Waals surface area contributed by atoms with Gasteiger partial charge >= 0.3 is 58.2 Å².